The van der Waals surface area contributed by atoms with E-state index in [-0.39, 0.29) is 11.5 Å². The Balaban J connectivity index is 1.81. The molecule has 0 unspecified atom stereocenters. The van der Waals surface area contributed by atoms with Crippen LogP contribution in [-0.4, -0.2) is 11.4 Å². The van der Waals surface area contributed by atoms with Crippen LogP contribution in [0.1, 0.15) is 61.9 Å². The first-order valence-electron chi connectivity index (χ1n) is 7.41. The highest BCUT2D eigenvalue weighted by molar-refractivity contribution is 5.98. The van der Waals surface area contributed by atoms with Gasteiger partial charge in [-0.3, -0.25) is 4.79 Å². The lowest BCUT2D eigenvalue weighted by molar-refractivity contribution is 0.0889. The lowest BCUT2D eigenvalue weighted by Crippen LogP contribution is -2.24. The molecule has 19 heavy (non-hydrogen) atoms. The molecule has 0 saturated heterocycles. The minimum absolute atomic E-state index is 0.130. The van der Waals surface area contributed by atoms with Gasteiger partial charge in [-0.2, -0.15) is 0 Å². The first kappa shape index (κ1) is 12.7. The molecule has 102 valence electrons. The van der Waals surface area contributed by atoms with Crippen molar-refractivity contribution in [3.8, 4) is 5.75 Å². The number of hydrogen-bond donors (Lipinski definition) is 0. The Bertz CT molecular complexity index is 496. The summed E-state index contributed by atoms with van der Waals surface area (Å²) in [4.78, 5) is 12.5. The molecule has 2 nitrogen and oxygen atoms in total. The Morgan fingerprint density at radius 1 is 1.21 bits per heavy atom. The Morgan fingerprint density at radius 2 is 1.95 bits per heavy atom. The summed E-state index contributed by atoms with van der Waals surface area (Å²) in [6.07, 6.45) is 6.73. The second-order valence-electron chi connectivity index (χ2n) is 6.56. The van der Waals surface area contributed by atoms with E-state index < -0.39 is 0 Å². The van der Waals surface area contributed by atoms with Gasteiger partial charge in [0.05, 0.1) is 0 Å². The third-order valence-electron chi connectivity index (χ3n) is 4.32. The van der Waals surface area contributed by atoms with Crippen LogP contribution in [-0.2, 0) is 6.42 Å². The van der Waals surface area contributed by atoms with E-state index in [0.29, 0.717) is 5.78 Å². The molecule has 0 N–H and O–H groups in total. The number of hydrogen-bond acceptors (Lipinski definition) is 2. The quantitative estimate of drug-likeness (QED) is 0.744. The molecule has 2 heteroatoms. The second kappa shape index (κ2) is 4.66. The highest BCUT2D eigenvalue weighted by atomic mass is 16.5. The monoisotopic (exact) mass is 258 g/mol. The van der Waals surface area contributed by atoms with Gasteiger partial charge >= 0.3 is 0 Å². The first-order valence-corrected chi connectivity index (χ1v) is 7.41. The van der Waals surface area contributed by atoms with Crippen LogP contribution in [0.3, 0.4) is 0 Å². The molecule has 1 heterocycles. The fourth-order valence-corrected chi connectivity index (χ4v) is 3.36. The smallest absolute Gasteiger partial charge is 0.165 e. The molecule has 1 aromatic rings. The van der Waals surface area contributed by atoms with Crippen LogP contribution in [0, 0.1) is 5.92 Å². The van der Waals surface area contributed by atoms with Crippen molar-refractivity contribution >= 4 is 5.78 Å². The van der Waals surface area contributed by atoms with Crippen LogP contribution in [0.25, 0.3) is 0 Å². The highest BCUT2D eigenvalue weighted by Crippen LogP contribution is 2.36. The van der Waals surface area contributed by atoms with E-state index in [1.807, 2.05) is 12.1 Å². The van der Waals surface area contributed by atoms with E-state index in [0.717, 1.165) is 30.6 Å². The average molecular weight is 258 g/mol. The highest BCUT2D eigenvalue weighted by Gasteiger charge is 2.31. The number of benzene rings is 1. The normalized spacial score (nSPS) is 21.8. The van der Waals surface area contributed by atoms with Crippen LogP contribution >= 0.6 is 0 Å². The van der Waals surface area contributed by atoms with Gasteiger partial charge in [0, 0.05) is 17.9 Å². The van der Waals surface area contributed by atoms with Crippen LogP contribution in [0.5, 0.6) is 5.75 Å². The summed E-state index contributed by atoms with van der Waals surface area (Å²) in [7, 11) is 0. The molecule has 0 aromatic heterocycles. The number of fused-ring (bicyclic) bond motifs is 1. The summed E-state index contributed by atoms with van der Waals surface area (Å²) < 4.78 is 5.86. The van der Waals surface area contributed by atoms with E-state index in [1.54, 1.807) is 0 Å². The van der Waals surface area contributed by atoms with Crippen molar-refractivity contribution in [1.82, 2.24) is 0 Å². The maximum Gasteiger partial charge on any atom is 0.165 e. The maximum absolute atomic E-state index is 12.5. The molecule has 0 spiro atoms. The fourth-order valence-electron chi connectivity index (χ4n) is 3.36. The molecule has 1 aliphatic carbocycles. The Kier molecular flexibility index (Phi) is 3.12. The summed E-state index contributed by atoms with van der Waals surface area (Å²) in [6, 6.07) is 5.97. The molecule has 2 aliphatic rings. The van der Waals surface area contributed by atoms with Crippen molar-refractivity contribution in [2.24, 2.45) is 5.92 Å². The van der Waals surface area contributed by atoms with Crippen molar-refractivity contribution < 1.29 is 9.53 Å². The lowest BCUT2D eigenvalue weighted by atomic mass is 9.83. The van der Waals surface area contributed by atoms with Gasteiger partial charge in [-0.15, -0.1) is 0 Å². The van der Waals surface area contributed by atoms with Crippen molar-refractivity contribution in [1.29, 1.82) is 0 Å². The molecule has 1 aromatic carbocycles. The molecular weight excluding hydrogens is 236 g/mol. The Labute approximate surface area is 115 Å². The van der Waals surface area contributed by atoms with E-state index in [1.165, 1.54) is 24.8 Å². The summed E-state index contributed by atoms with van der Waals surface area (Å²) in [5, 5.41) is 0. The van der Waals surface area contributed by atoms with E-state index in [9.17, 15) is 4.79 Å². The van der Waals surface area contributed by atoms with Gasteiger partial charge in [-0.05, 0) is 50.5 Å². The predicted octanol–water partition coefficient (Wildman–Crippen LogP) is 4.16. The largest absolute Gasteiger partial charge is 0.487 e. The van der Waals surface area contributed by atoms with E-state index >= 15 is 0 Å². The summed E-state index contributed by atoms with van der Waals surface area (Å²) in [5.41, 5.74) is 1.94. The fraction of sp³-hybridized carbons (Fsp3) is 0.588. The summed E-state index contributed by atoms with van der Waals surface area (Å²) >= 11 is 0. The summed E-state index contributed by atoms with van der Waals surface area (Å²) in [6.45, 7) is 4.19. The standard InChI is InChI=1S/C17H22O2/c1-17(2)11-14-10-13(8-9-15(14)19-17)16(18)12-6-4-3-5-7-12/h8-10,12H,3-7,11H2,1-2H3. The predicted molar refractivity (Wildman–Crippen MR) is 75.8 cm³/mol. The zero-order chi connectivity index (χ0) is 13.5. The van der Waals surface area contributed by atoms with Crippen molar-refractivity contribution in [3.63, 3.8) is 0 Å². The number of carbonyl (C=O) groups excluding carboxylic acids is 1. The van der Waals surface area contributed by atoms with Crippen molar-refractivity contribution in [3.05, 3.63) is 29.3 Å². The van der Waals surface area contributed by atoms with Crippen molar-refractivity contribution in [2.45, 2.75) is 58.0 Å². The number of Topliss-reactive ketones (excluding diaryl/α,β-unsaturated/α-hetero) is 1. The average Bonchev–Trinajstić information content (AvgIpc) is 2.71. The minimum Gasteiger partial charge on any atom is -0.487 e. The van der Waals surface area contributed by atoms with Gasteiger partial charge in [0.1, 0.15) is 11.4 Å². The molecule has 3 rings (SSSR count). The van der Waals surface area contributed by atoms with Gasteiger partial charge in [0.15, 0.2) is 5.78 Å². The molecule has 1 fully saturated rings. The Hall–Kier alpha value is -1.31. The third-order valence-corrected chi connectivity index (χ3v) is 4.32. The SMILES string of the molecule is CC1(C)Cc2cc(C(=O)C3CCCCC3)ccc2O1. The molecule has 0 radical (unpaired) electrons. The van der Waals surface area contributed by atoms with Crippen LogP contribution in [0.4, 0.5) is 0 Å². The van der Waals surface area contributed by atoms with Crippen LogP contribution in [0.15, 0.2) is 18.2 Å². The molecule has 0 amide bonds. The van der Waals surface area contributed by atoms with Gasteiger partial charge < -0.3 is 4.74 Å². The van der Waals surface area contributed by atoms with Crippen molar-refractivity contribution in [2.75, 3.05) is 0 Å². The molecular formula is C17H22O2. The van der Waals surface area contributed by atoms with Gasteiger partial charge in [-0.1, -0.05) is 19.3 Å². The maximum atomic E-state index is 12.5. The topological polar surface area (TPSA) is 26.3 Å². The second-order valence-corrected chi connectivity index (χ2v) is 6.56. The van der Waals surface area contributed by atoms with Crippen LogP contribution in [0.2, 0.25) is 0 Å². The van der Waals surface area contributed by atoms with Gasteiger partial charge in [0.25, 0.3) is 0 Å². The van der Waals surface area contributed by atoms with E-state index in [2.05, 4.69) is 19.9 Å². The lowest BCUT2D eigenvalue weighted by Gasteiger charge is -2.20. The van der Waals surface area contributed by atoms with Gasteiger partial charge in [-0.25, -0.2) is 0 Å². The first-order chi connectivity index (χ1) is 9.05. The molecule has 0 bridgehead atoms. The minimum atomic E-state index is -0.130. The third kappa shape index (κ3) is 2.54. The molecule has 0 atom stereocenters. The number of carbonyl (C=O) groups is 1. The zero-order valence-corrected chi connectivity index (χ0v) is 11.9. The van der Waals surface area contributed by atoms with E-state index in [4.69, 9.17) is 4.74 Å². The molecule has 1 aliphatic heterocycles. The number of ether oxygens (including phenoxy) is 1. The van der Waals surface area contributed by atoms with Gasteiger partial charge in [0.2, 0.25) is 0 Å². The molecule has 1 saturated carbocycles. The number of rotatable bonds is 2. The Morgan fingerprint density at radius 3 is 2.68 bits per heavy atom. The zero-order valence-electron chi connectivity index (χ0n) is 11.9. The summed E-state index contributed by atoms with van der Waals surface area (Å²) in [5.74, 6) is 1.54. The number of ketones is 1. The van der Waals surface area contributed by atoms with Crippen LogP contribution < -0.4 is 4.74 Å².